The second-order valence-electron chi connectivity index (χ2n) is 5.91. The molecule has 4 nitrogen and oxygen atoms in total. The monoisotopic (exact) mass is 344 g/mol. The molecule has 4 rings (SSSR count). The van der Waals surface area contributed by atoms with Crippen LogP contribution in [0, 0.1) is 17.1 Å². The number of nitrogens with one attached hydrogen (secondary N) is 1. The van der Waals surface area contributed by atoms with E-state index in [0.29, 0.717) is 27.6 Å². The lowest BCUT2D eigenvalue weighted by molar-refractivity contribution is 0.300. The van der Waals surface area contributed by atoms with E-state index >= 15 is 0 Å². The Morgan fingerprint density at radius 3 is 2.62 bits per heavy atom. The topological polar surface area (TPSA) is 65.9 Å². The maximum atomic E-state index is 13.9. The molecule has 0 spiro atoms. The van der Waals surface area contributed by atoms with Gasteiger partial charge < -0.3 is 9.72 Å². The summed E-state index contributed by atoms with van der Waals surface area (Å²) in [5, 5.41) is 9.90. The van der Waals surface area contributed by atoms with Crippen LogP contribution < -0.4 is 10.2 Å². The number of pyridine rings is 1. The second-order valence-corrected chi connectivity index (χ2v) is 5.91. The molecular weight excluding hydrogens is 331 g/mol. The molecule has 4 aromatic rings. The number of halogens is 1. The summed E-state index contributed by atoms with van der Waals surface area (Å²) in [7, 11) is 0. The highest BCUT2D eigenvalue weighted by molar-refractivity contribution is 5.92. The summed E-state index contributed by atoms with van der Waals surface area (Å²) < 4.78 is 19.6. The minimum absolute atomic E-state index is 0.00847. The van der Waals surface area contributed by atoms with Gasteiger partial charge in [0.25, 0.3) is 0 Å². The van der Waals surface area contributed by atoms with Crippen LogP contribution in [0.4, 0.5) is 4.39 Å². The van der Waals surface area contributed by atoms with E-state index in [1.807, 2.05) is 24.3 Å². The number of para-hydroxylation sites is 1. The van der Waals surface area contributed by atoms with E-state index in [2.05, 4.69) is 4.98 Å². The first-order valence-corrected chi connectivity index (χ1v) is 8.02. The number of nitrogens with zero attached hydrogens (tertiary/aromatic N) is 1. The van der Waals surface area contributed by atoms with Crippen molar-refractivity contribution in [3.8, 4) is 11.8 Å². The summed E-state index contributed by atoms with van der Waals surface area (Å²) in [6.45, 7) is 0.00847. The third-order valence-electron chi connectivity index (χ3n) is 4.25. The van der Waals surface area contributed by atoms with Gasteiger partial charge in [-0.3, -0.25) is 4.79 Å². The quantitative estimate of drug-likeness (QED) is 0.564. The predicted molar refractivity (Wildman–Crippen MR) is 97.5 cm³/mol. The van der Waals surface area contributed by atoms with Crippen LogP contribution in [0.3, 0.4) is 0 Å². The van der Waals surface area contributed by atoms with Gasteiger partial charge in [0, 0.05) is 21.9 Å². The maximum Gasteiger partial charge on any atom is 0.197 e. The molecule has 0 aliphatic carbocycles. The number of nitriles is 1. The normalized spacial score (nSPS) is 10.8. The van der Waals surface area contributed by atoms with Gasteiger partial charge in [0.2, 0.25) is 0 Å². The molecule has 1 heterocycles. The van der Waals surface area contributed by atoms with Crippen molar-refractivity contribution >= 4 is 21.8 Å². The smallest absolute Gasteiger partial charge is 0.197 e. The van der Waals surface area contributed by atoms with Crippen LogP contribution >= 0.6 is 0 Å². The third-order valence-corrected chi connectivity index (χ3v) is 4.25. The Balaban J connectivity index is 1.67. The zero-order valence-corrected chi connectivity index (χ0v) is 13.6. The molecule has 126 valence electrons. The molecule has 26 heavy (non-hydrogen) atoms. The van der Waals surface area contributed by atoms with E-state index in [1.54, 1.807) is 30.3 Å². The van der Waals surface area contributed by atoms with Crippen LogP contribution in [0.25, 0.3) is 21.8 Å². The highest BCUT2D eigenvalue weighted by Crippen LogP contribution is 2.21. The van der Waals surface area contributed by atoms with Gasteiger partial charge in [-0.1, -0.05) is 18.2 Å². The fourth-order valence-corrected chi connectivity index (χ4v) is 2.89. The van der Waals surface area contributed by atoms with Crippen LogP contribution in [-0.4, -0.2) is 4.98 Å². The lowest BCUT2D eigenvalue weighted by Gasteiger charge is -2.09. The molecule has 0 radical (unpaired) electrons. The Morgan fingerprint density at radius 1 is 1.00 bits per heavy atom. The summed E-state index contributed by atoms with van der Waals surface area (Å²) in [5.74, 6) is -0.0179. The van der Waals surface area contributed by atoms with Gasteiger partial charge in [-0.2, -0.15) is 5.26 Å². The first kappa shape index (κ1) is 15.9. The Morgan fingerprint density at radius 2 is 1.81 bits per heavy atom. The number of rotatable bonds is 3. The van der Waals surface area contributed by atoms with Crippen molar-refractivity contribution in [3.63, 3.8) is 0 Å². The highest BCUT2D eigenvalue weighted by atomic mass is 19.1. The van der Waals surface area contributed by atoms with E-state index in [1.165, 1.54) is 12.1 Å². The van der Waals surface area contributed by atoms with Crippen molar-refractivity contribution in [1.29, 1.82) is 5.26 Å². The summed E-state index contributed by atoms with van der Waals surface area (Å²) in [6, 6.07) is 18.6. The molecule has 0 aliphatic rings. The first-order valence-electron chi connectivity index (χ1n) is 8.02. The molecule has 0 fully saturated rings. The van der Waals surface area contributed by atoms with Crippen molar-refractivity contribution in [1.82, 2.24) is 4.98 Å². The standard InChI is InChI=1S/C21H13FN2O2/c22-18-9-13(11-23)5-6-14(18)12-26-15-7-8-20-17(10-15)21(25)16-3-1-2-4-19(16)24-20/h1-10H,12H2,(H,24,25). The van der Waals surface area contributed by atoms with Gasteiger partial charge in [-0.25, -0.2) is 4.39 Å². The van der Waals surface area contributed by atoms with Crippen molar-refractivity contribution in [2.45, 2.75) is 6.61 Å². The van der Waals surface area contributed by atoms with E-state index in [-0.39, 0.29) is 17.6 Å². The molecule has 0 saturated carbocycles. The van der Waals surface area contributed by atoms with Gasteiger partial charge in [-0.15, -0.1) is 0 Å². The second kappa shape index (κ2) is 6.34. The third kappa shape index (κ3) is 2.78. The average molecular weight is 344 g/mol. The summed E-state index contributed by atoms with van der Waals surface area (Å²) in [4.78, 5) is 15.9. The zero-order valence-electron chi connectivity index (χ0n) is 13.6. The molecular formula is C21H13FN2O2. The Hall–Kier alpha value is -3.65. The van der Waals surface area contributed by atoms with Crippen LogP contribution in [0.15, 0.2) is 65.5 Å². The predicted octanol–water partition coefficient (Wildman–Crippen LogP) is 4.27. The van der Waals surface area contributed by atoms with E-state index in [0.717, 1.165) is 5.52 Å². The SMILES string of the molecule is N#Cc1ccc(COc2ccc3[nH]c4ccccc4c(=O)c3c2)c(F)c1. The minimum atomic E-state index is -0.492. The Labute approximate surface area is 148 Å². The number of hydrogen-bond donors (Lipinski definition) is 1. The molecule has 0 amide bonds. The fraction of sp³-hybridized carbons (Fsp3) is 0.0476. The van der Waals surface area contributed by atoms with Gasteiger partial charge in [0.1, 0.15) is 18.2 Å². The fourth-order valence-electron chi connectivity index (χ4n) is 2.89. The Kier molecular flexibility index (Phi) is 3.86. The highest BCUT2D eigenvalue weighted by Gasteiger charge is 2.08. The zero-order chi connectivity index (χ0) is 18.1. The van der Waals surface area contributed by atoms with Gasteiger partial charge in [0.05, 0.1) is 17.1 Å². The molecule has 5 heteroatoms. The Bertz CT molecular complexity index is 1240. The van der Waals surface area contributed by atoms with Crippen LogP contribution in [0.5, 0.6) is 5.75 Å². The van der Waals surface area contributed by atoms with Crippen molar-refractivity contribution < 1.29 is 9.13 Å². The van der Waals surface area contributed by atoms with Crippen LogP contribution in [0.2, 0.25) is 0 Å². The molecule has 0 atom stereocenters. The number of benzene rings is 3. The molecule has 3 aromatic carbocycles. The molecule has 0 unspecified atom stereocenters. The number of H-pyrrole nitrogens is 1. The number of ether oxygens (including phenoxy) is 1. The van der Waals surface area contributed by atoms with Crippen molar-refractivity contribution in [3.05, 3.63) is 87.8 Å². The van der Waals surface area contributed by atoms with Crippen molar-refractivity contribution in [2.24, 2.45) is 0 Å². The first-order chi connectivity index (χ1) is 12.7. The van der Waals surface area contributed by atoms with Crippen molar-refractivity contribution in [2.75, 3.05) is 0 Å². The minimum Gasteiger partial charge on any atom is -0.489 e. The molecule has 0 bridgehead atoms. The van der Waals surface area contributed by atoms with Gasteiger partial charge in [0.15, 0.2) is 5.43 Å². The lowest BCUT2D eigenvalue weighted by Crippen LogP contribution is -2.05. The molecule has 0 aliphatic heterocycles. The lowest BCUT2D eigenvalue weighted by atomic mass is 10.1. The maximum absolute atomic E-state index is 13.9. The summed E-state index contributed by atoms with van der Waals surface area (Å²) in [6.07, 6.45) is 0. The van der Waals surface area contributed by atoms with Gasteiger partial charge >= 0.3 is 0 Å². The van der Waals surface area contributed by atoms with E-state index < -0.39 is 5.82 Å². The van der Waals surface area contributed by atoms with Crippen LogP contribution in [-0.2, 0) is 6.61 Å². The molecule has 1 N–H and O–H groups in total. The van der Waals surface area contributed by atoms with E-state index in [9.17, 15) is 9.18 Å². The molecule has 1 aromatic heterocycles. The number of aromatic amines is 1. The van der Waals surface area contributed by atoms with Crippen LogP contribution in [0.1, 0.15) is 11.1 Å². The van der Waals surface area contributed by atoms with Gasteiger partial charge in [-0.05, 0) is 42.5 Å². The number of aromatic nitrogens is 1. The number of fused-ring (bicyclic) bond motifs is 2. The summed E-state index contributed by atoms with van der Waals surface area (Å²) in [5.41, 5.74) is 2.01. The molecule has 0 saturated heterocycles. The summed E-state index contributed by atoms with van der Waals surface area (Å²) >= 11 is 0. The largest absolute Gasteiger partial charge is 0.489 e. The number of hydrogen-bond acceptors (Lipinski definition) is 3. The average Bonchev–Trinajstić information content (AvgIpc) is 2.67. The van der Waals surface area contributed by atoms with E-state index in [4.69, 9.17) is 10.00 Å².